The fourth-order valence-corrected chi connectivity index (χ4v) is 3.00. The minimum absolute atomic E-state index is 0.155. The molecule has 5 heteroatoms. The van der Waals surface area contributed by atoms with Gasteiger partial charge in [0.25, 0.3) is 0 Å². The maximum atomic E-state index is 14.2. The predicted octanol–water partition coefficient (Wildman–Crippen LogP) is 4.34. The quantitative estimate of drug-likeness (QED) is 0.846. The summed E-state index contributed by atoms with van der Waals surface area (Å²) >= 11 is 0. The van der Waals surface area contributed by atoms with Crippen molar-refractivity contribution < 1.29 is 8.78 Å². The van der Waals surface area contributed by atoms with Gasteiger partial charge in [-0.3, -0.25) is 0 Å². The van der Waals surface area contributed by atoms with Crippen LogP contribution in [0.25, 0.3) is 0 Å². The van der Waals surface area contributed by atoms with Crippen molar-refractivity contribution in [3.8, 4) is 0 Å². The first-order chi connectivity index (χ1) is 10.2. The molecule has 2 rings (SSSR count). The lowest BCUT2D eigenvalue weighted by Gasteiger charge is -2.34. The molecule has 3 nitrogen and oxygen atoms in total. The van der Waals surface area contributed by atoms with Crippen molar-refractivity contribution in [1.29, 1.82) is 0 Å². The van der Waals surface area contributed by atoms with Gasteiger partial charge in [0.1, 0.15) is 0 Å². The molecule has 1 heterocycles. The molecule has 1 N–H and O–H groups in total. The molecule has 118 valence electrons. The average Bonchev–Trinajstić information content (AvgIpc) is 2.50. The van der Waals surface area contributed by atoms with Gasteiger partial charge in [-0.25, -0.2) is 13.8 Å². The van der Waals surface area contributed by atoms with Gasteiger partial charge in [-0.05, 0) is 26.2 Å². The Bertz CT molecular complexity index is 459. The highest BCUT2D eigenvalue weighted by molar-refractivity contribution is 5.50. The Morgan fingerprint density at radius 2 is 1.90 bits per heavy atom. The Morgan fingerprint density at radius 3 is 2.52 bits per heavy atom. The number of pyridine rings is 1. The molecule has 1 aromatic rings. The summed E-state index contributed by atoms with van der Waals surface area (Å²) in [6.45, 7) is 5.31. The van der Waals surface area contributed by atoms with Crippen molar-refractivity contribution >= 4 is 11.6 Å². The van der Waals surface area contributed by atoms with Gasteiger partial charge in [0.15, 0.2) is 23.3 Å². The molecule has 0 bridgehead atoms. The molecule has 0 saturated heterocycles. The van der Waals surface area contributed by atoms with E-state index in [9.17, 15) is 8.78 Å². The number of rotatable bonds is 6. The molecule has 0 spiro atoms. The third kappa shape index (κ3) is 3.83. The smallest absolute Gasteiger partial charge is 0.168 e. The number of aromatic nitrogens is 1. The lowest BCUT2D eigenvalue weighted by atomic mass is 9.94. The monoisotopic (exact) mass is 297 g/mol. The molecule has 21 heavy (non-hydrogen) atoms. The van der Waals surface area contributed by atoms with Gasteiger partial charge >= 0.3 is 0 Å². The Labute approximate surface area is 125 Å². The molecule has 1 aliphatic carbocycles. The number of anilines is 2. The number of halogens is 2. The van der Waals surface area contributed by atoms with Crippen LogP contribution in [0.5, 0.6) is 0 Å². The van der Waals surface area contributed by atoms with Gasteiger partial charge in [0.2, 0.25) is 0 Å². The van der Waals surface area contributed by atoms with E-state index < -0.39 is 11.6 Å². The van der Waals surface area contributed by atoms with Gasteiger partial charge < -0.3 is 10.2 Å². The minimum Gasteiger partial charge on any atom is -0.368 e. The highest BCUT2D eigenvalue weighted by Gasteiger charge is 2.24. The summed E-state index contributed by atoms with van der Waals surface area (Å²) in [5.41, 5.74) is 0. The van der Waals surface area contributed by atoms with E-state index in [1.807, 2.05) is 18.7 Å². The third-order valence-electron chi connectivity index (χ3n) is 4.08. The largest absolute Gasteiger partial charge is 0.368 e. The van der Waals surface area contributed by atoms with Crippen LogP contribution in [0.4, 0.5) is 20.4 Å². The van der Waals surface area contributed by atoms with E-state index in [1.54, 1.807) is 0 Å². The summed E-state index contributed by atoms with van der Waals surface area (Å²) in [7, 11) is 0. The Kier molecular flexibility index (Phi) is 5.76. The second kappa shape index (κ2) is 7.57. The van der Waals surface area contributed by atoms with Crippen molar-refractivity contribution in [2.45, 2.75) is 58.4 Å². The van der Waals surface area contributed by atoms with E-state index in [2.05, 4.69) is 10.3 Å². The topological polar surface area (TPSA) is 28.2 Å². The molecular formula is C16H25F2N3. The normalized spacial score (nSPS) is 16.0. The summed E-state index contributed by atoms with van der Waals surface area (Å²) in [6, 6.07) is 1.27. The number of nitrogens with one attached hydrogen (secondary N) is 1. The molecule has 0 atom stereocenters. The summed E-state index contributed by atoms with van der Waals surface area (Å²) in [5.74, 6) is -0.752. The van der Waals surface area contributed by atoms with Crippen LogP contribution in [0.15, 0.2) is 6.07 Å². The van der Waals surface area contributed by atoms with Crippen LogP contribution in [-0.4, -0.2) is 24.1 Å². The van der Waals surface area contributed by atoms with Gasteiger partial charge in [0, 0.05) is 25.2 Å². The molecular weight excluding hydrogens is 272 g/mol. The Balaban J connectivity index is 2.26. The van der Waals surface area contributed by atoms with E-state index in [4.69, 9.17) is 0 Å². The van der Waals surface area contributed by atoms with Gasteiger partial charge in [-0.2, -0.15) is 0 Å². The fraction of sp³-hybridized carbons (Fsp3) is 0.688. The molecule has 0 aliphatic heterocycles. The first-order valence-corrected chi connectivity index (χ1v) is 8.03. The fourth-order valence-electron chi connectivity index (χ4n) is 3.00. The molecule has 1 aromatic heterocycles. The van der Waals surface area contributed by atoms with Gasteiger partial charge in [0.05, 0.1) is 0 Å². The van der Waals surface area contributed by atoms with Crippen LogP contribution in [0, 0.1) is 11.6 Å². The second-order valence-corrected chi connectivity index (χ2v) is 5.63. The van der Waals surface area contributed by atoms with Crippen LogP contribution in [0.1, 0.15) is 52.4 Å². The van der Waals surface area contributed by atoms with Crippen molar-refractivity contribution in [1.82, 2.24) is 4.98 Å². The molecule has 0 aromatic carbocycles. The standard InChI is InChI=1S/C16H25F2N3/c1-3-10-19-15-13(17)11-14(18)16(20-15)21(4-2)12-8-6-5-7-9-12/h11-12H,3-10H2,1-2H3,(H,19,20). The van der Waals surface area contributed by atoms with Crippen LogP contribution in [0.3, 0.4) is 0 Å². The third-order valence-corrected chi connectivity index (χ3v) is 4.08. The van der Waals surface area contributed by atoms with Crippen LogP contribution in [0.2, 0.25) is 0 Å². The predicted molar refractivity (Wildman–Crippen MR) is 82.8 cm³/mol. The molecule has 1 aliphatic rings. The lowest BCUT2D eigenvalue weighted by molar-refractivity contribution is 0.411. The number of nitrogens with zero attached hydrogens (tertiary/aromatic N) is 2. The first-order valence-electron chi connectivity index (χ1n) is 8.03. The molecule has 1 fully saturated rings. The van der Waals surface area contributed by atoms with E-state index in [-0.39, 0.29) is 11.6 Å². The SMILES string of the molecule is CCCNc1nc(N(CC)C2CCCCC2)c(F)cc1F. The Morgan fingerprint density at radius 1 is 1.19 bits per heavy atom. The van der Waals surface area contributed by atoms with Crippen LogP contribution < -0.4 is 10.2 Å². The van der Waals surface area contributed by atoms with Crippen LogP contribution in [-0.2, 0) is 0 Å². The maximum absolute atomic E-state index is 14.2. The molecule has 0 unspecified atom stereocenters. The zero-order chi connectivity index (χ0) is 15.2. The van der Waals surface area contributed by atoms with Crippen molar-refractivity contribution in [3.63, 3.8) is 0 Å². The summed E-state index contributed by atoms with van der Waals surface area (Å²) in [5, 5.41) is 2.93. The van der Waals surface area contributed by atoms with E-state index in [0.29, 0.717) is 19.1 Å². The van der Waals surface area contributed by atoms with E-state index in [1.165, 1.54) is 19.3 Å². The average molecular weight is 297 g/mol. The zero-order valence-electron chi connectivity index (χ0n) is 13.0. The summed E-state index contributed by atoms with van der Waals surface area (Å²) in [6.07, 6.45) is 6.58. The molecule has 0 radical (unpaired) electrons. The molecule has 1 saturated carbocycles. The van der Waals surface area contributed by atoms with Crippen molar-refractivity contribution in [2.24, 2.45) is 0 Å². The van der Waals surface area contributed by atoms with Crippen molar-refractivity contribution in [2.75, 3.05) is 23.3 Å². The van der Waals surface area contributed by atoms with E-state index >= 15 is 0 Å². The van der Waals surface area contributed by atoms with Gasteiger partial charge in [-0.1, -0.05) is 26.2 Å². The number of hydrogen-bond donors (Lipinski definition) is 1. The van der Waals surface area contributed by atoms with Crippen LogP contribution >= 0.6 is 0 Å². The van der Waals surface area contributed by atoms with E-state index in [0.717, 1.165) is 25.3 Å². The highest BCUT2D eigenvalue weighted by Crippen LogP contribution is 2.29. The Hall–Kier alpha value is -1.39. The molecule has 0 amide bonds. The lowest BCUT2D eigenvalue weighted by Crippen LogP contribution is -2.38. The first kappa shape index (κ1) is 16.0. The number of hydrogen-bond acceptors (Lipinski definition) is 3. The van der Waals surface area contributed by atoms with Crippen molar-refractivity contribution in [3.05, 3.63) is 17.7 Å². The summed E-state index contributed by atoms with van der Waals surface area (Å²) in [4.78, 5) is 6.21. The zero-order valence-corrected chi connectivity index (χ0v) is 13.0. The second-order valence-electron chi connectivity index (χ2n) is 5.63. The minimum atomic E-state index is -0.621. The maximum Gasteiger partial charge on any atom is 0.168 e. The summed E-state index contributed by atoms with van der Waals surface area (Å²) < 4.78 is 28.0. The highest BCUT2D eigenvalue weighted by atomic mass is 19.1. The van der Waals surface area contributed by atoms with Gasteiger partial charge in [-0.15, -0.1) is 0 Å².